The van der Waals surface area contributed by atoms with Crippen LogP contribution in [-0.2, 0) is 0 Å². The molecule has 0 unspecified atom stereocenters. The van der Waals surface area contributed by atoms with Gasteiger partial charge in [-0.1, -0.05) is 79.8 Å². The summed E-state index contributed by atoms with van der Waals surface area (Å²) in [7, 11) is -0.524. The van der Waals surface area contributed by atoms with Crippen molar-refractivity contribution in [1.82, 2.24) is 0 Å². The fourth-order valence-electron chi connectivity index (χ4n) is 1.70. The van der Waals surface area contributed by atoms with Gasteiger partial charge in [0.2, 0.25) is 0 Å². The minimum atomic E-state index is -0.524. The predicted molar refractivity (Wildman–Crippen MR) is 89.8 cm³/mol. The summed E-state index contributed by atoms with van der Waals surface area (Å²) < 4.78 is 1.12. The van der Waals surface area contributed by atoms with Crippen LogP contribution in [0.2, 0.25) is 0 Å². The number of benzene rings is 2. The molecule has 0 nitrogen and oxygen atoms in total. The fraction of sp³-hybridized carbons (Fsp3) is 0.133. The van der Waals surface area contributed by atoms with Gasteiger partial charge < -0.3 is 0 Å². The van der Waals surface area contributed by atoms with Gasteiger partial charge >= 0.3 is 0 Å². The molecule has 0 atom stereocenters. The smallest absolute Gasteiger partial charge is 0.0798 e. The lowest BCUT2D eigenvalue weighted by Crippen LogP contribution is -2.15. The Morgan fingerprint density at radius 1 is 0.944 bits per heavy atom. The minimum absolute atomic E-state index is 0.524. The van der Waals surface area contributed by atoms with E-state index in [-0.39, 0.29) is 0 Å². The van der Waals surface area contributed by atoms with Crippen molar-refractivity contribution in [1.29, 1.82) is 0 Å². The molecular weight excluding hydrogens is 275 g/mol. The van der Waals surface area contributed by atoms with Gasteiger partial charge in [0, 0.05) is 7.92 Å². The molecular formula is C15H15PS2. The van der Waals surface area contributed by atoms with E-state index < -0.39 is 7.92 Å². The van der Waals surface area contributed by atoms with Crippen LogP contribution in [0.3, 0.4) is 0 Å². The van der Waals surface area contributed by atoms with E-state index in [1.807, 2.05) is 0 Å². The molecule has 2 rings (SSSR count). The maximum Gasteiger partial charge on any atom is 0.0798 e. The first-order valence-electron chi connectivity index (χ1n) is 5.90. The SMILES string of the molecule is CCSC(=S)P(c1ccccc1)c1ccccc1. The van der Waals surface area contributed by atoms with Gasteiger partial charge in [-0.15, -0.1) is 11.8 Å². The molecule has 0 aromatic heterocycles. The van der Waals surface area contributed by atoms with Gasteiger partial charge in [-0.3, -0.25) is 0 Å². The average molecular weight is 290 g/mol. The van der Waals surface area contributed by atoms with Gasteiger partial charge in [0.1, 0.15) is 0 Å². The highest BCUT2D eigenvalue weighted by Gasteiger charge is 2.18. The molecule has 0 saturated heterocycles. The summed E-state index contributed by atoms with van der Waals surface area (Å²) in [5, 5.41) is 2.68. The van der Waals surface area contributed by atoms with E-state index in [4.69, 9.17) is 12.2 Å². The van der Waals surface area contributed by atoms with E-state index in [2.05, 4.69) is 67.6 Å². The van der Waals surface area contributed by atoms with E-state index in [0.29, 0.717) is 0 Å². The third kappa shape index (κ3) is 3.41. The molecule has 3 heteroatoms. The zero-order valence-electron chi connectivity index (χ0n) is 10.2. The van der Waals surface area contributed by atoms with Gasteiger partial charge in [0.25, 0.3) is 0 Å². The lowest BCUT2D eigenvalue weighted by molar-refractivity contribution is 1.54. The van der Waals surface area contributed by atoms with Gasteiger partial charge in [-0.25, -0.2) is 0 Å². The summed E-state index contributed by atoms with van der Waals surface area (Å²) in [4.78, 5) is 0. The Balaban J connectivity index is 2.38. The van der Waals surface area contributed by atoms with Crippen molar-refractivity contribution in [2.24, 2.45) is 0 Å². The largest absolute Gasteiger partial charge is 0.114 e. The van der Waals surface area contributed by atoms with E-state index in [1.54, 1.807) is 11.8 Å². The first-order chi connectivity index (χ1) is 8.83. The van der Waals surface area contributed by atoms with Crippen molar-refractivity contribution in [3.05, 3.63) is 60.7 Å². The molecule has 0 aliphatic heterocycles. The van der Waals surface area contributed by atoms with Crippen LogP contribution in [0.5, 0.6) is 0 Å². The standard InChI is InChI=1S/C15H15PS2/c1-2-18-15(17)16(13-9-5-3-6-10-13)14-11-7-4-8-12-14/h3-12H,2H2,1H3. The average Bonchev–Trinajstić information content (AvgIpc) is 2.42. The maximum absolute atomic E-state index is 5.63. The summed E-state index contributed by atoms with van der Waals surface area (Å²) >= 11 is 7.42. The third-order valence-electron chi connectivity index (χ3n) is 2.48. The molecule has 0 fully saturated rings. The summed E-state index contributed by atoms with van der Waals surface area (Å²) in [6.07, 6.45) is 0. The molecule has 2 aromatic carbocycles. The Kier molecular flexibility index (Phi) is 5.37. The summed E-state index contributed by atoms with van der Waals surface area (Å²) in [5.74, 6) is 1.04. The first kappa shape index (κ1) is 13.7. The molecule has 0 aliphatic rings. The van der Waals surface area contributed by atoms with E-state index in [1.165, 1.54) is 10.6 Å². The Morgan fingerprint density at radius 3 is 1.78 bits per heavy atom. The second-order valence-corrected chi connectivity index (χ2v) is 8.40. The number of hydrogen-bond acceptors (Lipinski definition) is 2. The number of thiocarbonyl (C=S) groups is 1. The lowest BCUT2D eigenvalue weighted by Gasteiger charge is -2.18. The summed E-state index contributed by atoms with van der Waals surface area (Å²) in [5.41, 5.74) is 0. The molecule has 18 heavy (non-hydrogen) atoms. The zero-order chi connectivity index (χ0) is 12.8. The first-order valence-corrected chi connectivity index (χ1v) is 8.63. The molecule has 0 heterocycles. The van der Waals surface area contributed by atoms with Crippen molar-refractivity contribution in [3.63, 3.8) is 0 Å². The molecule has 92 valence electrons. The molecule has 0 amide bonds. The number of thioether (sulfide) groups is 1. The second kappa shape index (κ2) is 7.04. The summed E-state index contributed by atoms with van der Waals surface area (Å²) in [6.45, 7) is 2.15. The highest BCUT2D eigenvalue weighted by Crippen LogP contribution is 2.40. The fourth-order valence-corrected chi connectivity index (χ4v) is 6.13. The Bertz CT molecular complexity index is 457. The van der Waals surface area contributed by atoms with Gasteiger partial charge in [-0.05, 0) is 16.4 Å². The maximum atomic E-state index is 5.63. The number of hydrogen-bond donors (Lipinski definition) is 0. The predicted octanol–water partition coefficient (Wildman–Crippen LogP) is 4.16. The second-order valence-electron chi connectivity index (χ2n) is 3.71. The third-order valence-corrected chi connectivity index (χ3v) is 6.85. The van der Waals surface area contributed by atoms with Crippen LogP contribution in [-0.4, -0.2) is 9.69 Å². The molecule has 0 N–H and O–H groups in total. The Hall–Kier alpha value is -0.690. The van der Waals surface area contributed by atoms with Crippen molar-refractivity contribution >= 4 is 46.4 Å². The molecule has 0 bridgehead atoms. The molecule has 0 spiro atoms. The lowest BCUT2D eigenvalue weighted by atomic mass is 10.4. The van der Waals surface area contributed by atoms with Crippen LogP contribution in [0.4, 0.5) is 0 Å². The Labute approximate surface area is 120 Å². The van der Waals surface area contributed by atoms with Crippen LogP contribution in [0.15, 0.2) is 60.7 Å². The van der Waals surface area contributed by atoms with Crippen LogP contribution < -0.4 is 10.6 Å². The van der Waals surface area contributed by atoms with Crippen LogP contribution >= 0.6 is 31.9 Å². The molecule has 0 radical (unpaired) electrons. The van der Waals surface area contributed by atoms with Crippen LogP contribution in [0, 0.1) is 0 Å². The highest BCUT2D eigenvalue weighted by atomic mass is 32.2. The van der Waals surface area contributed by atoms with E-state index in [9.17, 15) is 0 Å². The number of rotatable bonds is 4. The zero-order valence-corrected chi connectivity index (χ0v) is 12.8. The van der Waals surface area contributed by atoms with Crippen molar-refractivity contribution < 1.29 is 0 Å². The van der Waals surface area contributed by atoms with E-state index >= 15 is 0 Å². The van der Waals surface area contributed by atoms with Gasteiger partial charge in [-0.2, -0.15) is 0 Å². The molecule has 0 aliphatic carbocycles. The minimum Gasteiger partial charge on any atom is -0.114 e. The quantitative estimate of drug-likeness (QED) is 0.612. The van der Waals surface area contributed by atoms with Crippen LogP contribution in [0.1, 0.15) is 6.92 Å². The van der Waals surface area contributed by atoms with E-state index in [0.717, 1.165) is 9.69 Å². The topological polar surface area (TPSA) is 0 Å². The molecule has 2 aromatic rings. The summed E-state index contributed by atoms with van der Waals surface area (Å²) in [6, 6.07) is 21.2. The van der Waals surface area contributed by atoms with Gasteiger partial charge in [0.15, 0.2) is 0 Å². The normalized spacial score (nSPS) is 10.6. The van der Waals surface area contributed by atoms with Crippen molar-refractivity contribution in [2.45, 2.75) is 6.92 Å². The van der Waals surface area contributed by atoms with Crippen molar-refractivity contribution in [2.75, 3.05) is 5.75 Å². The highest BCUT2D eigenvalue weighted by molar-refractivity contribution is 8.37. The van der Waals surface area contributed by atoms with Crippen molar-refractivity contribution in [3.8, 4) is 0 Å². The van der Waals surface area contributed by atoms with Gasteiger partial charge in [0.05, 0.1) is 3.94 Å². The monoisotopic (exact) mass is 290 g/mol. The molecule has 0 saturated carbocycles. The van der Waals surface area contributed by atoms with Crippen LogP contribution in [0.25, 0.3) is 0 Å². The Morgan fingerprint density at radius 2 is 1.39 bits per heavy atom.